The first kappa shape index (κ1) is 36.1. The summed E-state index contributed by atoms with van der Waals surface area (Å²) >= 11 is 0. The number of hydrogen-bond acceptors (Lipinski definition) is 3. The zero-order valence-electron chi connectivity index (χ0n) is 25.0. The van der Waals surface area contributed by atoms with Gasteiger partial charge in [-0.05, 0) is 19.3 Å². The molecule has 0 aromatic heterocycles. The number of nitrogens with one attached hydrogen (secondary N) is 1. The van der Waals surface area contributed by atoms with Crippen LogP contribution in [0.15, 0.2) is 12.2 Å². The molecule has 0 fully saturated rings. The largest absolute Gasteiger partial charge is 0.394 e. The number of unbranched alkanes of at least 4 members (excludes halogenated alkanes) is 22. The van der Waals surface area contributed by atoms with E-state index >= 15 is 0 Å². The van der Waals surface area contributed by atoms with Gasteiger partial charge in [0.2, 0.25) is 5.91 Å². The van der Waals surface area contributed by atoms with Gasteiger partial charge in [0, 0.05) is 6.42 Å². The van der Waals surface area contributed by atoms with Crippen LogP contribution >= 0.6 is 0 Å². The summed E-state index contributed by atoms with van der Waals surface area (Å²) < 4.78 is 0. The molecule has 0 bridgehead atoms. The van der Waals surface area contributed by atoms with Gasteiger partial charge in [0.05, 0.1) is 18.8 Å². The summed E-state index contributed by atoms with van der Waals surface area (Å²) in [6, 6.07) is -0.612. The minimum Gasteiger partial charge on any atom is -0.394 e. The minimum absolute atomic E-state index is 0.0671. The first-order chi connectivity index (χ1) is 18.2. The molecule has 37 heavy (non-hydrogen) atoms. The van der Waals surface area contributed by atoms with Gasteiger partial charge in [-0.25, -0.2) is 0 Å². The van der Waals surface area contributed by atoms with Crippen LogP contribution in [0.2, 0.25) is 0 Å². The standard InChI is InChI=1S/C33H65NO3/c1-3-5-7-9-11-13-15-16-17-18-19-20-22-24-26-28-32(36)31(30-35)34-33(37)29-27-25-23-21-14-12-10-8-6-4-2/h26,28,31-32,35-36H,3-25,27,29-30H2,1-2H3,(H,34,37)/b28-26+. The lowest BCUT2D eigenvalue weighted by atomic mass is 10.0. The van der Waals surface area contributed by atoms with Crippen LogP contribution in [0.5, 0.6) is 0 Å². The SMILES string of the molecule is CCCCCCCCCCCCCCC/C=C/C(O)C(CO)NC(=O)CCCCCCCCCCCC. The summed E-state index contributed by atoms with van der Waals surface area (Å²) in [6.07, 6.45) is 34.3. The molecule has 0 radical (unpaired) electrons. The van der Waals surface area contributed by atoms with Crippen LogP contribution in [0.1, 0.15) is 174 Å². The van der Waals surface area contributed by atoms with Gasteiger partial charge in [-0.1, -0.05) is 161 Å². The molecule has 0 aliphatic rings. The van der Waals surface area contributed by atoms with Crippen LogP contribution < -0.4 is 5.32 Å². The lowest BCUT2D eigenvalue weighted by molar-refractivity contribution is -0.123. The molecule has 3 N–H and O–H groups in total. The molecule has 0 aliphatic heterocycles. The molecule has 0 aromatic carbocycles. The van der Waals surface area contributed by atoms with E-state index < -0.39 is 12.1 Å². The lowest BCUT2D eigenvalue weighted by Crippen LogP contribution is -2.45. The Morgan fingerprint density at radius 3 is 1.41 bits per heavy atom. The van der Waals surface area contributed by atoms with Gasteiger partial charge in [-0.2, -0.15) is 0 Å². The Hall–Kier alpha value is -0.870. The summed E-state index contributed by atoms with van der Waals surface area (Å²) in [5.41, 5.74) is 0. The fourth-order valence-corrected chi connectivity index (χ4v) is 4.94. The Balaban J connectivity index is 3.64. The number of hydrogen-bond donors (Lipinski definition) is 3. The molecule has 4 nitrogen and oxygen atoms in total. The van der Waals surface area contributed by atoms with Crippen molar-refractivity contribution in [1.29, 1.82) is 0 Å². The van der Waals surface area contributed by atoms with Gasteiger partial charge in [0.15, 0.2) is 0 Å². The third-order valence-corrected chi connectivity index (χ3v) is 7.52. The van der Waals surface area contributed by atoms with E-state index in [1.165, 1.54) is 128 Å². The van der Waals surface area contributed by atoms with Crippen molar-refractivity contribution in [2.75, 3.05) is 6.61 Å². The number of aliphatic hydroxyl groups excluding tert-OH is 2. The van der Waals surface area contributed by atoms with E-state index in [1.54, 1.807) is 6.08 Å². The van der Waals surface area contributed by atoms with E-state index in [1.807, 2.05) is 6.08 Å². The molecule has 0 saturated heterocycles. The van der Waals surface area contributed by atoms with Crippen molar-refractivity contribution in [1.82, 2.24) is 5.32 Å². The summed E-state index contributed by atoms with van der Waals surface area (Å²) in [7, 11) is 0. The van der Waals surface area contributed by atoms with E-state index in [-0.39, 0.29) is 12.5 Å². The van der Waals surface area contributed by atoms with Gasteiger partial charge in [0.1, 0.15) is 0 Å². The highest BCUT2D eigenvalue weighted by Crippen LogP contribution is 2.14. The van der Waals surface area contributed by atoms with Crippen LogP contribution in [-0.4, -0.2) is 34.9 Å². The van der Waals surface area contributed by atoms with E-state index in [2.05, 4.69) is 19.2 Å². The van der Waals surface area contributed by atoms with E-state index in [0.717, 1.165) is 25.7 Å². The topological polar surface area (TPSA) is 69.6 Å². The molecule has 2 atom stereocenters. The number of amides is 1. The first-order valence-corrected chi connectivity index (χ1v) is 16.4. The van der Waals surface area contributed by atoms with E-state index in [4.69, 9.17) is 0 Å². The van der Waals surface area contributed by atoms with Gasteiger partial charge < -0.3 is 15.5 Å². The van der Waals surface area contributed by atoms with E-state index in [9.17, 15) is 15.0 Å². The number of aliphatic hydroxyl groups is 2. The predicted octanol–water partition coefficient (Wildman–Crippen LogP) is 9.17. The number of carbonyl (C=O) groups is 1. The van der Waals surface area contributed by atoms with Crippen LogP contribution in [0, 0.1) is 0 Å². The van der Waals surface area contributed by atoms with Crippen molar-refractivity contribution in [3.8, 4) is 0 Å². The number of allylic oxidation sites excluding steroid dienone is 1. The minimum atomic E-state index is -0.830. The molecule has 2 unspecified atom stereocenters. The quantitative estimate of drug-likeness (QED) is 0.0676. The summed E-state index contributed by atoms with van der Waals surface area (Å²) in [6.45, 7) is 4.28. The number of rotatable bonds is 29. The van der Waals surface area contributed by atoms with Crippen molar-refractivity contribution < 1.29 is 15.0 Å². The second-order valence-corrected chi connectivity index (χ2v) is 11.2. The molecule has 4 heteroatoms. The van der Waals surface area contributed by atoms with Crippen LogP contribution in [0.25, 0.3) is 0 Å². The lowest BCUT2D eigenvalue weighted by Gasteiger charge is -2.20. The van der Waals surface area contributed by atoms with E-state index in [0.29, 0.717) is 6.42 Å². The maximum atomic E-state index is 12.2. The third-order valence-electron chi connectivity index (χ3n) is 7.52. The Morgan fingerprint density at radius 1 is 0.622 bits per heavy atom. The maximum Gasteiger partial charge on any atom is 0.220 e. The smallest absolute Gasteiger partial charge is 0.220 e. The highest BCUT2D eigenvalue weighted by atomic mass is 16.3. The highest BCUT2D eigenvalue weighted by molar-refractivity contribution is 5.76. The zero-order valence-corrected chi connectivity index (χ0v) is 25.0. The fourth-order valence-electron chi connectivity index (χ4n) is 4.94. The second-order valence-electron chi connectivity index (χ2n) is 11.2. The fraction of sp³-hybridized carbons (Fsp3) is 0.909. The van der Waals surface area contributed by atoms with Gasteiger partial charge in [-0.15, -0.1) is 0 Å². The molecule has 0 heterocycles. The molecule has 1 amide bonds. The monoisotopic (exact) mass is 523 g/mol. The average Bonchev–Trinajstić information content (AvgIpc) is 2.90. The normalized spacial score (nSPS) is 13.3. The van der Waals surface area contributed by atoms with Crippen molar-refractivity contribution in [3.05, 3.63) is 12.2 Å². The van der Waals surface area contributed by atoms with Gasteiger partial charge >= 0.3 is 0 Å². The predicted molar refractivity (Wildman–Crippen MR) is 161 cm³/mol. The summed E-state index contributed by atoms with van der Waals surface area (Å²) in [5, 5.41) is 22.8. The zero-order chi connectivity index (χ0) is 27.2. The Morgan fingerprint density at radius 2 is 1.00 bits per heavy atom. The first-order valence-electron chi connectivity index (χ1n) is 16.4. The van der Waals surface area contributed by atoms with Crippen LogP contribution in [0.3, 0.4) is 0 Å². The average molecular weight is 524 g/mol. The van der Waals surface area contributed by atoms with Crippen molar-refractivity contribution in [3.63, 3.8) is 0 Å². The molecule has 0 spiro atoms. The van der Waals surface area contributed by atoms with Crippen molar-refractivity contribution in [2.24, 2.45) is 0 Å². The van der Waals surface area contributed by atoms with Crippen molar-refractivity contribution >= 4 is 5.91 Å². The summed E-state index contributed by atoms with van der Waals surface area (Å²) in [4.78, 5) is 12.2. The molecule has 0 saturated carbocycles. The second kappa shape index (κ2) is 29.7. The molecular formula is C33H65NO3. The summed E-state index contributed by atoms with van der Waals surface area (Å²) in [5.74, 6) is -0.0671. The Bertz CT molecular complexity index is 494. The third kappa shape index (κ3) is 26.5. The molecule has 0 aliphatic carbocycles. The molecule has 0 aromatic rings. The Labute approximate surface area is 231 Å². The maximum absolute atomic E-state index is 12.2. The van der Waals surface area contributed by atoms with Crippen LogP contribution in [0.4, 0.5) is 0 Å². The van der Waals surface area contributed by atoms with Crippen molar-refractivity contribution in [2.45, 2.75) is 187 Å². The number of carbonyl (C=O) groups excluding carboxylic acids is 1. The Kier molecular flexibility index (Phi) is 29.0. The van der Waals surface area contributed by atoms with Crippen LogP contribution in [-0.2, 0) is 4.79 Å². The molecular weight excluding hydrogens is 458 g/mol. The molecule has 0 rings (SSSR count). The van der Waals surface area contributed by atoms with Gasteiger partial charge in [0.25, 0.3) is 0 Å². The molecule has 220 valence electrons. The van der Waals surface area contributed by atoms with Gasteiger partial charge in [-0.3, -0.25) is 4.79 Å². The highest BCUT2D eigenvalue weighted by Gasteiger charge is 2.17.